The van der Waals surface area contributed by atoms with Crippen molar-refractivity contribution in [3.8, 4) is 0 Å². The SMILES string of the molecule is CCCCCCCOC(=O)c1cccc(C(=O)OCC(C)CC)n1. The first-order valence-electron chi connectivity index (χ1n) is 8.89. The molecule has 5 heteroatoms. The van der Waals surface area contributed by atoms with Gasteiger partial charge in [0.15, 0.2) is 0 Å². The molecule has 134 valence electrons. The first-order valence-corrected chi connectivity index (χ1v) is 8.89. The summed E-state index contributed by atoms with van der Waals surface area (Å²) in [5, 5.41) is 0. The van der Waals surface area contributed by atoms with Crippen LogP contribution >= 0.6 is 0 Å². The van der Waals surface area contributed by atoms with E-state index in [2.05, 4.69) is 11.9 Å². The molecule has 1 aromatic rings. The zero-order valence-corrected chi connectivity index (χ0v) is 15.0. The van der Waals surface area contributed by atoms with E-state index < -0.39 is 11.9 Å². The van der Waals surface area contributed by atoms with Gasteiger partial charge >= 0.3 is 11.9 Å². The molecule has 1 aromatic heterocycles. The lowest BCUT2D eigenvalue weighted by molar-refractivity contribution is 0.0438. The van der Waals surface area contributed by atoms with Gasteiger partial charge in [0, 0.05) is 0 Å². The molecule has 0 saturated carbocycles. The van der Waals surface area contributed by atoms with Crippen LogP contribution in [0.5, 0.6) is 0 Å². The molecule has 1 atom stereocenters. The zero-order valence-electron chi connectivity index (χ0n) is 15.0. The minimum absolute atomic E-state index is 0.135. The van der Waals surface area contributed by atoms with Gasteiger partial charge in [0.2, 0.25) is 0 Å². The lowest BCUT2D eigenvalue weighted by Crippen LogP contribution is -2.15. The van der Waals surface area contributed by atoms with Crippen LogP contribution in [-0.4, -0.2) is 30.1 Å². The van der Waals surface area contributed by atoms with Gasteiger partial charge in [-0.1, -0.05) is 58.9 Å². The van der Waals surface area contributed by atoms with Crippen molar-refractivity contribution in [1.82, 2.24) is 4.98 Å². The van der Waals surface area contributed by atoms with Crippen LogP contribution in [0.15, 0.2) is 18.2 Å². The summed E-state index contributed by atoms with van der Waals surface area (Å²) in [6, 6.07) is 4.70. The molecule has 0 radical (unpaired) electrons. The van der Waals surface area contributed by atoms with E-state index in [4.69, 9.17) is 9.47 Å². The summed E-state index contributed by atoms with van der Waals surface area (Å²) in [4.78, 5) is 28.0. The van der Waals surface area contributed by atoms with E-state index in [1.807, 2.05) is 13.8 Å². The van der Waals surface area contributed by atoms with E-state index >= 15 is 0 Å². The van der Waals surface area contributed by atoms with E-state index in [1.165, 1.54) is 12.8 Å². The van der Waals surface area contributed by atoms with Crippen LogP contribution in [0.3, 0.4) is 0 Å². The van der Waals surface area contributed by atoms with Gasteiger partial charge in [-0.05, 0) is 24.5 Å². The minimum Gasteiger partial charge on any atom is -0.461 e. The van der Waals surface area contributed by atoms with Crippen LogP contribution < -0.4 is 0 Å². The first-order chi connectivity index (χ1) is 11.6. The van der Waals surface area contributed by atoms with Crippen molar-refractivity contribution in [1.29, 1.82) is 0 Å². The second-order valence-electron chi connectivity index (χ2n) is 6.07. The predicted molar refractivity (Wildman–Crippen MR) is 93.0 cm³/mol. The van der Waals surface area contributed by atoms with E-state index in [0.29, 0.717) is 19.1 Å². The van der Waals surface area contributed by atoms with Gasteiger partial charge in [-0.15, -0.1) is 0 Å². The first kappa shape index (κ1) is 20.1. The molecule has 0 aliphatic carbocycles. The Hall–Kier alpha value is -1.91. The van der Waals surface area contributed by atoms with Crippen LogP contribution in [-0.2, 0) is 9.47 Å². The Morgan fingerprint density at radius 2 is 1.62 bits per heavy atom. The smallest absolute Gasteiger partial charge is 0.356 e. The van der Waals surface area contributed by atoms with Crippen LogP contribution in [0.25, 0.3) is 0 Å². The summed E-state index contributed by atoms with van der Waals surface area (Å²) in [7, 11) is 0. The zero-order chi connectivity index (χ0) is 17.8. The summed E-state index contributed by atoms with van der Waals surface area (Å²) in [6.07, 6.45) is 6.38. The maximum atomic E-state index is 12.0. The third-order valence-corrected chi connectivity index (χ3v) is 3.84. The highest BCUT2D eigenvalue weighted by Gasteiger charge is 2.15. The molecule has 1 unspecified atom stereocenters. The van der Waals surface area contributed by atoms with E-state index in [-0.39, 0.29) is 11.4 Å². The molecule has 0 fully saturated rings. The highest BCUT2D eigenvalue weighted by Crippen LogP contribution is 2.08. The molecule has 0 aromatic carbocycles. The quantitative estimate of drug-likeness (QED) is 0.442. The van der Waals surface area contributed by atoms with Crippen molar-refractivity contribution in [2.24, 2.45) is 5.92 Å². The average Bonchev–Trinajstić information content (AvgIpc) is 2.62. The fourth-order valence-electron chi connectivity index (χ4n) is 2.02. The van der Waals surface area contributed by atoms with Gasteiger partial charge in [0.1, 0.15) is 11.4 Å². The Morgan fingerprint density at radius 3 is 2.25 bits per heavy atom. The lowest BCUT2D eigenvalue weighted by atomic mass is 10.1. The number of pyridine rings is 1. The van der Waals surface area contributed by atoms with Gasteiger partial charge in [0.05, 0.1) is 13.2 Å². The summed E-state index contributed by atoms with van der Waals surface area (Å²) >= 11 is 0. The number of nitrogens with zero attached hydrogens (tertiary/aromatic N) is 1. The molecular weight excluding hydrogens is 306 g/mol. The molecule has 0 N–H and O–H groups in total. The van der Waals surface area contributed by atoms with Crippen molar-refractivity contribution < 1.29 is 19.1 Å². The lowest BCUT2D eigenvalue weighted by Gasteiger charge is -2.09. The van der Waals surface area contributed by atoms with Crippen molar-refractivity contribution in [2.45, 2.75) is 59.3 Å². The molecular formula is C19H29NO4. The number of hydrogen-bond acceptors (Lipinski definition) is 5. The summed E-state index contributed by atoms with van der Waals surface area (Å²) < 4.78 is 10.4. The second-order valence-corrected chi connectivity index (χ2v) is 6.07. The summed E-state index contributed by atoms with van der Waals surface area (Å²) in [6.45, 7) is 6.94. The van der Waals surface area contributed by atoms with Crippen molar-refractivity contribution in [3.05, 3.63) is 29.6 Å². The maximum absolute atomic E-state index is 12.0. The number of carbonyl (C=O) groups is 2. The van der Waals surface area contributed by atoms with Crippen LogP contribution in [0.4, 0.5) is 0 Å². The van der Waals surface area contributed by atoms with Gasteiger partial charge in [0.25, 0.3) is 0 Å². The molecule has 0 aliphatic heterocycles. The molecule has 1 rings (SSSR count). The van der Waals surface area contributed by atoms with Gasteiger partial charge in [-0.25, -0.2) is 14.6 Å². The average molecular weight is 335 g/mol. The molecule has 0 amide bonds. The van der Waals surface area contributed by atoms with E-state index in [9.17, 15) is 9.59 Å². The van der Waals surface area contributed by atoms with E-state index in [1.54, 1.807) is 18.2 Å². The summed E-state index contributed by atoms with van der Waals surface area (Å²) in [5.41, 5.74) is 0.275. The van der Waals surface area contributed by atoms with Crippen molar-refractivity contribution in [2.75, 3.05) is 13.2 Å². The number of esters is 2. The summed E-state index contributed by atoms with van der Waals surface area (Å²) in [5.74, 6) is -0.707. The number of carbonyl (C=O) groups excluding carboxylic acids is 2. The maximum Gasteiger partial charge on any atom is 0.356 e. The highest BCUT2D eigenvalue weighted by molar-refractivity contribution is 5.91. The predicted octanol–water partition coefficient (Wildman–Crippen LogP) is 4.41. The minimum atomic E-state index is -0.510. The number of aromatic nitrogens is 1. The van der Waals surface area contributed by atoms with E-state index in [0.717, 1.165) is 25.7 Å². The third-order valence-electron chi connectivity index (χ3n) is 3.84. The molecule has 0 spiro atoms. The Bertz CT molecular complexity index is 516. The van der Waals surface area contributed by atoms with Gasteiger partial charge in [-0.2, -0.15) is 0 Å². The second kappa shape index (κ2) is 11.6. The normalized spacial score (nSPS) is 11.8. The standard InChI is InChI=1S/C19H29NO4/c1-4-6-7-8-9-13-23-18(21)16-11-10-12-17(20-16)19(22)24-14-15(3)5-2/h10-12,15H,4-9,13-14H2,1-3H3. The fraction of sp³-hybridized carbons (Fsp3) is 0.632. The van der Waals surface area contributed by atoms with Crippen LogP contribution in [0.2, 0.25) is 0 Å². The third kappa shape index (κ3) is 7.57. The Kier molecular flexibility index (Phi) is 9.73. The van der Waals surface area contributed by atoms with Crippen molar-refractivity contribution >= 4 is 11.9 Å². The topological polar surface area (TPSA) is 65.5 Å². The molecule has 0 saturated heterocycles. The largest absolute Gasteiger partial charge is 0.461 e. The van der Waals surface area contributed by atoms with Crippen molar-refractivity contribution in [3.63, 3.8) is 0 Å². The Morgan fingerprint density at radius 1 is 1.00 bits per heavy atom. The molecule has 0 aliphatic rings. The fourth-order valence-corrected chi connectivity index (χ4v) is 2.02. The van der Waals surface area contributed by atoms with Gasteiger partial charge in [-0.3, -0.25) is 0 Å². The Balaban J connectivity index is 2.45. The van der Waals surface area contributed by atoms with Crippen LogP contribution in [0.1, 0.15) is 80.3 Å². The van der Waals surface area contributed by atoms with Crippen LogP contribution in [0, 0.1) is 5.92 Å². The monoisotopic (exact) mass is 335 g/mol. The number of unbranched alkanes of at least 4 members (excludes halogenated alkanes) is 4. The number of hydrogen-bond donors (Lipinski definition) is 0. The molecule has 24 heavy (non-hydrogen) atoms. The Labute approximate surface area is 144 Å². The molecule has 0 bridgehead atoms. The molecule has 1 heterocycles. The highest BCUT2D eigenvalue weighted by atomic mass is 16.5. The molecule has 5 nitrogen and oxygen atoms in total. The number of rotatable bonds is 11. The van der Waals surface area contributed by atoms with Gasteiger partial charge < -0.3 is 9.47 Å². The number of ether oxygens (including phenoxy) is 2.